The molecular formula is C28H25NO6. The predicted octanol–water partition coefficient (Wildman–Crippen LogP) is 5.38. The number of nitrogens with one attached hydrogen (secondary N) is 1. The molecule has 0 spiro atoms. The van der Waals surface area contributed by atoms with E-state index in [0.717, 1.165) is 16.7 Å². The van der Waals surface area contributed by atoms with Crippen molar-refractivity contribution in [2.24, 2.45) is 0 Å². The Labute approximate surface area is 202 Å². The highest BCUT2D eigenvalue weighted by atomic mass is 16.6. The first-order chi connectivity index (χ1) is 16.9. The third-order valence-electron chi connectivity index (χ3n) is 5.82. The highest BCUT2D eigenvalue weighted by molar-refractivity contribution is 6.17. The number of para-hydroxylation sites is 1. The lowest BCUT2D eigenvalue weighted by molar-refractivity contribution is -0.118. The number of ketones is 1. The number of carbonyl (C=O) groups excluding carboxylic acids is 2. The van der Waals surface area contributed by atoms with Crippen LogP contribution < -0.4 is 19.5 Å². The third-order valence-corrected chi connectivity index (χ3v) is 5.82. The Morgan fingerprint density at radius 2 is 1.63 bits per heavy atom. The molecule has 0 radical (unpaired) electrons. The number of rotatable bonds is 6. The molecule has 178 valence electrons. The van der Waals surface area contributed by atoms with Gasteiger partial charge in [0.2, 0.25) is 5.78 Å². The normalized spacial score (nSPS) is 12.4. The maximum Gasteiger partial charge on any atom is 0.262 e. The first-order valence-corrected chi connectivity index (χ1v) is 11.4. The number of anilines is 1. The maximum absolute atomic E-state index is 13.4. The lowest BCUT2D eigenvalue weighted by Gasteiger charge is -2.18. The van der Waals surface area contributed by atoms with Crippen LogP contribution in [0.15, 0.2) is 59.0 Å². The van der Waals surface area contributed by atoms with E-state index in [1.54, 1.807) is 30.3 Å². The van der Waals surface area contributed by atoms with Crippen molar-refractivity contribution in [3.63, 3.8) is 0 Å². The molecule has 1 aliphatic heterocycles. The van der Waals surface area contributed by atoms with E-state index in [-0.39, 0.29) is 18.2 Å². The van der Waals surface area contributed by atoms with Gasteiger partial charge in [0.05, 0.1) is 5.69 Å². The van der Waals surface area contributed by atoms with Crippen LogP contribution in [-0.2, 0) is 4.79 Å². The van der Waals surface area contributed by atoms with E-state index in [0.29, 0.717) is 52.7 Å². The smallest absolute Gasteiger partial charge is 0.262 e. The monoisotopic (exact) mass is 471 g/mol. The molecule has 2 heterocycles. The molecule has 4 aromatic rings. The molecule has 0 bridgehead atoms. The molecule has 1 N–H and O–H groups in total. The Kier molecular flexibility index (Phi) is 5.91. The van der Waals surface area contributed by atoms with Crippen LogP contribution >= 0.6 is 0 Å². The minimum Gasteiger partial charge on any atom is -0.486 e. The number of fused-ring (bicyclic) bond motifs is 2. The second-order valence-electron chi connectivity index (χ2n) is 8.55. The molecule has 7 nitrogen and oxygen atoms in total. The first kappa shape index (κ1) is 22.5. The number of ether oxygens (including phenoxy) is 3. The fourth-order valence-corrected chi connectivity index (χ4v) is 4.35. The molecule has 0 atom stereocenters. The molecule has 7 heteroatoms. The van der Waals surface area contributed by atoms with Crippen molar-refractivity contribution < 1.29 is 28.2 Å². The second kappa shape index (κ2) is 9.18. The second-order valence-corrected chi connectivity index (χ2v) is 8.55. The van der Waals surface area contributed by atoms with Gasteiger partial charge in [-0.1, -0.05) is 29.8 Å². The summed E-state index contributed by atoms with van der Waals surface area (Å²) in [6, 6.07) is 16.2. The van der Waals surface area contributed by atoms with Crippen LogP contribution in [0.3, 0.4) is 0 Å². The molecule has 0 unspecified atom stereocenters. The van der Waals surface area contributed by atoms with Gasteiger partial charge in [0.15, 0.2) is 23.9 Å². The summed E-state index contributed by atoms with van der Waals surface area (Å²) in [5.41, 5.74) is 4.22. The third kappa shape index (κ3) is 4.45. The number of hydrogen-bond acceptors (Lipinski definition) is 6. The average molecular weight is 472 g/mol. The summed E-state index contributed by atoms with van der Waals surface area (Å²) in [6.45, 7) is 6.57. The molecule has 1 amide bonds. The molecule has 1 aliphatic rings. The average Bonchev–Trinajstić information content (AvgIpc) is 3.20. The zero-order valence-corrected chi connectivity index (χ0v) is 19.8. The van der Waals surface area contributed by atoms with Crippen molar-refractivity contribution in [3.05, 3.63) is 82.6 Å². The lowest BCUT2D eigenvalue weighted by Crippen LogP contribution is -2.22. The fourth-order valence-electron chi connectivity index (χ4n) is 4.35. The van der Waals surface area contributed by atoms with Gasteiger partial charge >= 0.3 is 0 Å². The van der Waals surface area contributed by atoms with Crippen molar-refractivity contribution in [2.45, 2.75) is 20.8 Å². The first-order valence-electron chi connectivity index (χ1n) is 11.4. The Morgan fingerprint density at radius 3 is 2.40 bits per heavy atom. The molecule has 0 aliphatic carbocycles. The van der Waals surface area contributed by atoms with Crippen LogP contribution in [0.4, 0.5) is 5.69 Å². The zero-order valence-electron chi connectivity index (χ0n) is 19.8. The van der Waals surface area contributed by atoms with Crippen molar-refractivity contribution in [1.82, 2.24) is 0 Å². The number of furan rings is 1. The minimum absolute atomic E-state index is 0.0407. The standard InChI is InChI=1S/C28H25NO6/c1-16-12-17(2)27(18(3)13-16)34-15-24(30)29-25-20-6-4-5-7-21(20)35-28(25)26(31)19-8-9-22-23(14-19)33-11-10-32-22/h4-9,12-14H,10-11,15H2,1-3H3,(H,29,30). The van der Waals surface area contributed by atoms with Gasteiger partial charge in [-0.15, -0.1) is 0 Å². The summed E-state index contributed by atoms with van der Waals surface area (Å²) in [6.07, 6.45) is 0. The van der Waals surface area contributed by atoms with E-state index in [4.69, 9.17) is 18.6 Å². The number of carbonyl (C=O) groups is 2. The molecular weight excluding hydrogens is 446 g/mol. The van der Waals surface area contributed by atoms with Crippen LogP contribution in [0.2, 0.25) is 0 Å². The Hall–Kier alpha value is -4.26. The van der Waals surface area contributed by atoms with Gasteiger partial charge < -0.3 is 23.9 Å². The maximum atomic E-state index is 13.4. The van der Waals surface area contributed by atoms with Crippen LogP contribution in [-0.4, -0.2) is 31.5 Å². The molecule has 0 saturated carbocycles. The highest BCUT2D eigenvalue weighted by Gasteiger charge is 2.25. The summed E-state index contributed by atoms with van der Waals surface area (Å²) >= 11 is 0. The van der Waals surface area contributed by atoms with E-state index >= 15 is 0 Å². The van der Waals surface area contributed by atoms with Gasteiger partial charge in [-0.3, -0.25) is 9.59 Å². The van der Waals surface area contributed by atoms with Gasteiger partial charge in [0, 0.05) is 10.9 Å². The summed E-state index contributed by atoms with van der Waals surface area (Å²) in [5, 5.41) is 3.46. The molecule has 3 aromatic carbocycles. The quantitative estimate of drug-likeness (QED) is 0.380. The minimum atomic E-state index is -0.396. The molecule has 0 saturated heterocycles. The van der Waals surface area contributed by atoms with E-state index in [1.807, 2.05) is 45.0 Å². The predicted molar refractivity (Wildman–Crippen MR) is 132 cm³/mol. The van der Waals surface area contributed by atoms with Crippen LogP contribution in [0, 0.1) is 20.8 Å². The number of hydrogen-bond donors (Lipinski definition) is 1. The molecule has 35 heavy (non-hydrogen) atoms. The molecule has 5 rings (SSSR count). The van der Waals surface area contributed by atoms with E-state index in [9.17, 15) is 9.59 Å². The van der Waals surface area contributed by atoms with Crippen LogP contribution in [0.25, 0.3) is 11.0 Å². The highest BCUT2D eigenvalue weighted by Crippen LogP contribution is 2.35. The lowest BCUT2D eigenvalue weighted by atomic mass is 10.1. The Morgan fingerprint density at radius 1 is 0.914 bits per heavy atom. The van der Waals surface area contributed by atoms with Gasteiger partial charge in [-0.2, -0.15) is 0 Å². The molecule has 1 aromatic heterocycles. The van der Waals surface area contributed by atoms with Crippen molar-refractivity contribution in [1.29, 1.82) is 0 Å². The van der Waals surface area contributed by atoms with E-state index in [2.05, 4.69) is 5.32 Å². The Balaban J connectivity index is 1.42. The van der Waals surface area contributed by atoms with Gasteiger partial charge in [-0.25, -0.2) is 0 Å². The van der Waals surface area contributed by atoms with Gasteiger partial charge in [0.1, 0.15) is 24.5 Å². The van der Waals surface area contributed by atoms with E-state index in [1.165, 1.54) is 0 Å². The van der Waals surface area contributed by atoms with Crippen molar-refractivity contribution in [3.8, 4) is 17.2 Å². The summed E-state index contributed by atoms with van der Waals surface area (Å²) in [7, 11) is 0. The Bertz CT molecular complexity index is 1430. The number of aryl methyl sites for hydroxylation is 3. The summed E-state index contributed by atoms with van der Waals surface area (Å²) in [4.78, 5) is 26.3. The largest absolute Gasteiger partial charge is 0.486 e. The van der Waals surface area contributed by atoms with Gasteiger partial charge in [-0.05, 0) is 62.2 Å². The SMILES string of the molecule is Cc1cc(C)c(OCC(=O)Nc2c(C(=O)c3ccc4c(c3)OCCO4)oc3ccccc23)c(C)c1. The topological polar surface area (TPSA) is 87.0 Å². The van der Waals surface area contributed by atoms with Crippen molar-refractivity contribution in [2.75, 3.05) is 25.1 Å². The summed E-state index contributed by atoms with van der Waals surface area (Å²) in [5.74, 6) is 1.03. The van der Waals surface area contributed by atoms with Crippen LogP contribution in [0.1, 0.15) is 32.8 Å². The van der Waals surface area contributed by atoms with E-state index < -0.39 is 5.91 Å². The zero-order chi connectivity index (χ0) is 24.5. The van der Waals surface area contributed by atoms with Crippen molar-refractivity contribution >= 4 is 28.3 Å². The van der Waals surface area contributed by atoms with Crippen LogP contribution in [0.5, 0.6) is 17.2 Å². The molecule has 0 fully saturated rings. The fraction of sp³-hybridized carbons (Fsp3) is 0.214. The number of benzene rings is 3. The van der Waals surface area contributed by atoms with Gasteiger partial charge in [0.25, 0.3) is 5.91 Å². The number of amides is 1. The summed E-state index contributed by atoms with van der Waals surface area (Å²) < 4.78 is 22.9.